The molecule has 0 unspecified atom stereocenters. The first kappa shape index (κ1) is 19.8. The fourth-order valence-corrected chi connectivity index (χ4v) is 2.67. The summed E-state index contributed by atoms with van der Waals surface area (Å²) >= 11 is 6.11. The quantitative estimate of drug-likeness (QED) is 0.649. The van der Waals surface area contributed by atoms with Gasteiger partial charge in [0, 0.05) is 23.7 Å². The number of nitrogens with one attached hydrogen (secondary N) is 1. The van der Waals surface area contributed by atoms with E-state index < -0.39 is 0 Å². The molecule has 0 bridgehead atoms. The van der Waals surface area contributed by atoms with Gasteiger partial charge in [-0.15, -0.1) is 0 Å². The summed E-state index contributed by atoms with van der Waals surface area (Å²) in [6, 6.07) is 16.1. The van der Waals surface area contributed by atoms with E-state index in [1.165, 1.54) is 5.56 Å². The number of hydrogen-bond donors (Lipinski definition) is 1. The molecule has 2 aromatic carbocycles. The lowest BCUT2D eigenvalue weighted by molar-refractivity contribution is 0.101. The third-order valence-corrected chi connectivity index (χ3v) is 4.07. The Morgan fingerprint density at radius 3 is 2.44 bits per heavy atom. The SMILES string of the molecule is CC(C)(C)c1cc(Cl)ccc1OCCOCCNCc1ccccc1. The van der Waals surface area contributed by atoms with E-state index in [-0.39, 0.29) is 5.41 Å². The van der Waals surface area contributed by atoms with Gasteiger partial charge in [0.1, 0.15) is 12.4 Å². The van der Waals surface area contributed by atoms with Gasteiger partial charge in [-0.2, -0.15) is 0 Å². The van der Waals surface area contributed by atoms with E-state index in [4.69, 9.17) is 21.1 Å². The number of halogens is 1. The van der Waals surface area contributed by atoms with Crippen molar-refractivity contribution in [1.29, 1.82) is 0 Å². The van der Waals surface area contributed by atoms with Crippen molar-refractivity contribution in [2.75, 3.05) is 26.4 Å². The minimum absolute atomic E-state index is 0.0115. The van der Waals surface area contributed by atoms with Crippen molar-refractivity contribution in [2.24, 2.45) is 0 Å². The lowest BCUT2D eigenvalue weighted by Gasteiger charge is -2.23. The molecule has 3 nitrogen and oxygen atoms in total. The summed E-state index contributed by atoms with van der Waals surface area (Å²) < 4.78 is 11.5. The van der Waals surface area contributed by atoms with Crippen LogP contribution in [0.5, 0.6) is 5.75 Å². The maximum absolute atomic E-state index is 6.11. The highest BCUT2D eigenvalue weighted by atomic mass is 35.5. The minimum Gasteiger partial charge on any atom is -0.491 e. The molecule has 0 saturated carbocycles. The highest BCUT2D eigenvalue weighted by molar-refractivity contribution is 6.30. The molecule has 0 aliphatic carbocycles. The van der Waals surface area contributed by atoms with Gasteiger partial charge in [-0.3, -0.25) is 0 Å². The molecule has 1 N–H and O–H groups in total. The van der Waals surface area contributed by atoms with Gasteiger partial charge < -0.3 is 14.8 Å². The van der Waals surface area contributed by atoms with Crippen LogP contribution in [0.3, 0.4) is 0 Å². The Labute approximate surface area is 156 Å². The lowest BCUT2D eigenvalue weighted by atomic mass is 9.86. The van der Waals surface area contributed by atoms with Gasteiger partial charge in [-0.05, 0) is 29.2 Å². The summed E-state index contributed by atoms with van der Waals surface area (Å²) in [5, 5.41) is 4.10. The van der Waals surface area contributed by atoms with Gasteiger partial charge in [-0.25, -0.2) is 0 Å². The van der Waals surface area contributed by atoms with Crippen molar-refractivity contribution in [3.05, 3.63) is 64.7 Å². The molecular weight excluding hydrogens is 334 g/mol. The molecule has 0 fully saturated rings. The van der Waals surface area contributed by atoms with Gasteiger partial charge in [0.25, 0.3) is 0 Å². The van der Waals surface area contributed by atoms with Crippen LogP contribution in [-0.4, -0.2) is 26.4 Å². The second-order valence-electron chi connectivity index (χ2n) is 7.01. The molecule has 0 heterocycles. The second kappa shape index (κ2) is 9.81. The molecule has 4 heteroatoms. The van der Waals surface area contributed by atoms with Crippen LogP contribution >= 0.6 is 11.6 Å². The van der Waals surface area contributed by atoms with E-state index in [9.17, 15) is 0 Å². The monoisotopic (exact) mass is 361 g/mol. The predicted molar refractivity (Wildman–Crippen MR) is 105 cm³/mol. The highest BCUT2D eigenvalue weighted by Crippen LogP contribution is 2.33. The number of benzene rings is 2. The number of ether oxygens (including phenoxy) is 2. The summed E-state index contributed by atoms with van der Waals surface area (Å²) in [4.78, 5) is 0. The van der Waals surface area contributed by atoms with Crippen LogP contribution in [0.25, 0.3) is 0 Å². The molecule has 136 valence electrons. The maximum Gasteiger partial charge on any atom is 0.123 e. The highest BCUT2D eigenvalue weighted by Gasteiger charge is 2.19. The van der Waals surface area contributed by atoms with E-state index >= 15 is 0 Å². The summed E-state index contributed by atoms with van der Waals surface area (Å²) in [7, 11) is 0. The average molecular weight is 362 g/mol. The van der Waals surface area contributed by atoms with E-state index in [1.807, 2.05) is 36.4 Å². The lowest BCUT2D eigenvalue weighted by Crippen LogP contribution is -2.21. The molecule has 0 aromatic heterocycles. The van der Waals surface area contributed by atoms with E-state index in [1.54, 1.807) is 0 Å². The Bertz CT molecular complexity index is 638. The zero-order valence-corrected chi connectivity index (χ0v) is 16.1. The third-order valence-electron chi connectivity index (χ3n) is 3.83. The Kier molecular flexibility index (Phi) is 7.76. The molecule has 0 saturated heterocycles. The van der Waals surface area contributed by atoms with Crippen LogP contribution in [0.4, 0.5) is 0 Å². The summed E-state index contributed by atoms with van der Waals surface area (Å²) in [5.74, 6) is 0.878. The first-order valence-corrected chi connectivity index (χ1v) is 9.10. The first-order chi connectivity index (χ1) is 12.0. The van der Waals surface area contributed by atoms with E-state index in [0.29, 0.717) is 19.8 Å². The maximum atomic E-state index is 6.11. The second-order valence-corrected chi connectivity index (χ2v) is 7.45. The molecule has 0 aliphatic heterocycles. The Morgan fingerprint density at radius 2 is 1.72 bits per heavy atom. The Morgan fingerprint density at radius 1 is 0.960 bits per heavy atom. The van der Waals surface area contributed by atoms with E-state index in [0.717, 1.165) is 29.4 Å². The molecule has 0 atom stereocenters. The Balaban J connectivity index is 1.63. The molecule has 0 amide bonds. The van der Waals surface area contributed by atoms with Crippen LogP contribution in [0.15, 0.2) is 48.5 Å². The molecule has 25 heavy (non-hydrogen) atoms. The van der Waals surface area contributed by atoms with Gasteiger partial charge in [-0.1, -0.05) is 62.7 Å². The summed E-state index contributed by atoms with van der Waals surface area (Å²) in [6.45, 7) is 9.91. The summed E-state index contributed by atoms with van der Waals surface area (Å²) in [5.41, 5.74) is 2.38. The molecule has 2 aromatic rings. The van der Waals surface area contributed by atoms with Crippen molar-refractivity contribution in [2.45, 2.75) is 32.7 Å². The molecule has 0 aliphatic rings. The standard InChI is InChI=1S/C21H28ClNO2/c1-21(2,3)19-15-18(22)9-10-20(19)25-14-13-24-12-11-23-16-17-7-5-4-6-8-17/h4-10,15,23H,11-14,16H2,1-3H3. The topological polar surface area (TPSA) is 30.5 Å². The largest absolute Gasteiger partial charge is 0.491 e. The van der Waals surface area contributed by atoms with Gasteiger partial charge >= 0.3 is 0 Å². The molecule has 0 spiro atoms. The number of rotatable bonds is 9. The Hall–Kier alpha value is -1.55. The van der Waals surface area contributed by atoms with Crippen LogP contribution in [0.2, 0.25) is 5.02 Å². The van der Waals surface area contributed by atoms with Crippen LogP contribution < -0.4 is 10.1 Å². The smallest absolute Gasteiger partial charge is 0.123 e. The van der Waals surface area contributed by atoms with Crippen molar-refractivity contribution in [3.8, 4) is 5.75 Å². The van der Waals surface area contributed by atoms with Crippen molar-refractivity contribution >= 4 is 11.6 Å². The van der Waals surface area contributed by atoms with Crippen molar-refractivity contribution in [3.63, 3.8) is 0 Å². The van der Waals surface area contributed by atoms with Gasteiger partial charge in [0.05, 0.1) is 13.2 Å². The fourth-order valence-electron chi connectivity index (χ4n) is 2.50. The zero-order valence-electron chi connectivity index (χ0n) is 15.3. The number of hydrogen-bond acceptors (Lipinski definition) is 3. The third kappa shape index (κ3) is 7.07. The van der Waals surface area contributed by atoms with Crippen LogP contribution in [0, 0.1) is 0 Å². The summed E-state index contributed by atoms with van der Waals surface area (Å²) in [6.07, 6.45) is 0. The molecule has 2 rings (SSSR count). The zero-order chi connectivity index (χ0) is 18.1. The van der Waals surface area contributed by atoms with Gasteiger partial charge in [0.15, 0.2) is 0 Å². The van der Waals surface area contributed by atoms with Crippen LogP contribution in [0.1, 0.15) is 31.9 Å². The van der Waals surface area contributed by atoms with Crippen LogP contribution in [-0.2, 0) is 16.7 Å². The average Bonchev–Trinajstić information content (AvgIpc) is 2.58. The van der Waals surface area contributed by atoms with E-state index in [2.05, 4.69) is 38.2 Å². The normalized spacial score (nSPS) is 11.5. The minimum atomic E-state index is -0.0115. The van der Waals surface area contributed by atoms with Crippen molar-refractivity contribution < 1.29 is 9.47 Å². The van der Waals surface area contributed by atoms with Gasteiger partial charge in [0.2, 0.25) is 0 Å². The fraction of sp³-hybridized carbons (Fsp3) is 0.429. The molecule has 0 radical (unpaired) electrons. The predicted octanol–water partition coefficient (Wildman–Crippen LogP) is 4.82. The molecular formula is C21H28ClNO2. The first-order valence-electron chi connectivity index (χ1n) is 8.72. The van der Waals surface area contributed by atoms with Crippen molar-refractivity contribution in [1.82, 2.24) is 5.32 Å².